The maximum absolute atomic E-state index is 11.2. The summed E-state index contributed by atoms with van der Waals surface area (Å²) in [7, 11) is 0. The Labute approximate surface area is 125 Å². The minimum atomic E-state index is -0.469. The van der Waals surface area contributed by atoms with E-state index >= 15 is 0 Å². The van der Waals surface area contributed by atoms with Crippen LogP contribution in [0.4, 0.5) is 0 Å². The molecule has 8 heteroatoms. The van der Waals surface area contributed by atoms with Crippen LogP contribution in [-0.4, -0.2) is 36.1 Å². The van der Waals surface area contributed by atoms with Crippen LogP contribution in [0.15, 0.2) is 28.2 Å². The zero-order valence-electron chi connectivity index (χ0n) is 9.82. The molecule has 19 heavy (non-hydrogen) atoms. The quantitative estimate of drug-likeness (QED) is 0.551. The van der Waals surface area contributed by atoms with Crippen LogP contribution in [0.3, 0.4) is 0 Å². The summed E-state index contributed by atoms with van der Waals surface area (Å²) in [6.07, 6.45) is 1.08. The molecule has 6 nitrogen and oxygen atoms in total. The maximum Gasteiger partial charge on any atom is 0.185 e. The van der Waals surface area contributed by atoms with E-state index in [1.807, 2.05) is 18.2 Å². The fourth-order valence-electron chi connectivity index (χ4n) is 1.85. The average Bonchev–Trinajstić information content (AvgIpc) is 2.84. The van der Waals surface area contributed by atoms with E-state index in [0.29, 0.717) is 22.0 Å². The first-order valence-electron chi connectivity index (χ1n) is 5.45. The average molecular weight is 385 g/mol. The van der Waals surface area contributed by atoms with E-state index in [4.69, 9.17) is 0 Å². The summed E-state index contributed by atoms with van der Waals surface area (Å²) in [6, 6.07) is 5.81. The van der Waals surface area contributed by atoms with Crippen LogP contribution in [0.2, 0.25) is 0 Å². The number of aliphatic imine (C=N–C) groups is 2. The van der Waals surface area contributed by atoms with Crippen molar-refractivity contribution in [1.82, 2.24) is 15.0 Å². The Hall–Kier alpha value is -1.42. The zero-order valence-corrected chi connectivity index (χ0v) is 12.8. The molecular weight excluding hydrogens is 377 g/mol. The Morgan fingerprint density at radius 3 is 3.05 bits per heavy atom. The monoisotopic (exact) mass is 385 g/mol. The van der Waals surface area contributed by atoms with Gasteiger partial charge in [-0.3, -0.25) is 0 Å². The summed E-state index contributed by atoms with van der Waals surface area (Å²) in [6.45, 7) is 1.79. The predicted octanol–water partition coefficient (Wildman–Crippen LogP) is 1.42. The highest BCUT2D eigenvalue weighted by molar-refractivity contribution is 14.1. The lowest BCUT2D eigenvalue weighted by atomic mass is 10.3. The summed E-state index contributed by atoms with van der Waals surface area (Å²) < 4.78 is 13.8. The standard InChI is InChI=1S/C11H8IN5OS/c1-6-13-5-9(19-18)11(14-6)17-8-4-2-3-7(12)10(8)15-16-17/h2-5,11H,1H3. The van der Waals surface area contributed by atoms with Gasteiger partial charge in [0.15, 0.2) is 6.17 Å². The summed E-state index contributed by atoms with van der Waals surface area (Å²) in [5, 5.41) is 8.29. The van der Waals surface area contributed by atoms with Gasteiger partial charge in [-0.05, 0) is 41.6 Å². The van der Waals surface area contributed by atoms with Gasteiger partial charge in [-0.15, -0.1) is 5.10 Å². The summed E-state index contributed by atoms with van der Waals surface area (Å²) in [5.74, 6) is 0.622. The molecule has 2 aromatic rings. The van der Waals surface area contributed by atoms with Crippen molar-refractivity contribution in [3.05, 3.63) is 21.8 Å². The highest BCUT2D eigenvalue weighted by Crippen LogP contribution is 2.22. The van der Waals surface area contributed by atoms with Gasteiger partial charge in [0.05, 0.1) is 16.8 Å². The molecule has 0 radical (unpaired) electrons. The lowest BCUT2D eigenvalue weighted by Gasteiger charge is -2.15. The van der Waals surface area contributed by atoms with Gasteiger partial charge in [-0.2, -0.15) is 0 Å². The SMILES string of the molecule is CC1=NC(n2nnc3c(I)cccc32)C(=S=O)C=N1. The third-order valence-electron chi connectivity index (χ3n) is 2.72. The molecule has 1 unspecified atom stereocenters. The molecular formula is C11H8IN5OS. The Bertz CT molecular complexity index is 774. The van der Waals surface area contributed by atoms with E-state index in [1.165, 1.54) is 0 Å². The van der Waals surface area contributed by atoms with Crippen molar-refractivity contribution in [2.24, 2.45) is 9.98 Å². The molecule has 2 heterocycles. The van der Waals surface area contributed by atoms with E-state index in [0.717, 1.165) is 14.6 Å². The van der Waals surface area contributed by atoms with Gasteiger partial charge in [0.1, 0.15) is 16.2 Å². The van der Waals surface area contributed by atoms with Crippen LogP contribution in [0.25, 0.3) is 11.0 Å². The molecule has 3 rings (SSSR count). The van der Waals surface area contributed by atoms with Crippen LogP contribution in [0, 0.1) is 3.57 Å². The number of hydrogen-bond donors (Lipinski definition) is 0. The molecule has 0 saturated heterocycles. The van der Waals surface area contributed by atoms with Crippen LogP contribution in [0.1, 0.15) is 13.1 Å². The molecule has 0 N–H and O–H groups in total. The molecule has 0 saturated carbocycles. The number of amidine groups is 1. The molecule has 0 spiro atoms. The predicted molar refractivity (Wildman–Crippen MR) is 84.0 cm³/mol. The smallest absolute Gasteiger partial charge is 0.185 e. The molecule has 1 atom stereocenters. The minimum Gasteiger partial charge on any atom is -0.241 e. The van der Waals surface area contributed by atoms with Crippen LogP contribution in [0.5, 0.6) is 0 Å². The van der Waals surface area contributed by atoms with Crippen LogP contribution < -0.4 is 0 Å². The number of aromatic nitrogens is 3. The van der Waals surface area contributed by atoms with Crippen molar-refractivity contribution in [3.8, 4) is 0 Å². The van der Waals surface area contributed by atoms with Crippen molar-refractivity contribution in [1.29, 1.82) is 0 Å². The Balaban J connectivity index is 2.22. The third-order valence-corrected chi connectivity index (χ3v) is 4.10. The first-order chi connectivity index (χ1) is 9.20. The van der Waals surface area contributed by atoms with Gasteiger partial charge < -0.3 is 0 Å². The van der Waals surface area contributed by atoms with Crippen molar-refractivity contribution >= 4 is 61.8 Å². The second kappa shape index (κ2) is 4.93. The molecule has 0 fully saturated rings. The first-order valence-corrected chi connectivity index (χ1v) is 7.27. The van der Waals surface area contributed by atoms with Gasteiger partial charge in [-0.25, -0.2) is 18.9 Å². The lowest BCUT2D eigenvalue weighted by Crippen LogP contribution is -2.24. The molecule has 0 aliphatic carbocycles. The molecule has 0 amide bonds. The number of benzene rings is 1. The highest BCUT2D eigenvalue weighted by atomic mass is 127. The van der Waals surface area contributed by atoms with Gasteiger partial charge in [0, 0.05) is 9.78 Å². The molecule has 1 aromatic carbocycles. The van der Waals surface area contributed by atoms with E-state index in [1.54, 1.807) is 17.8 Å². The topological polar surface area (TPSA) is 72.5 Å². The number of nitrogens with zero attached hydrogens (tertiary/aromatic N) is 5. The van der Waals surface area contributed by atoms with E-state index in [-0.39, 0.29) is 0 Å². The first kappa shape index (κ1) is 12.6. The Morgan fingerprint density at radius 2 is 2.26 bits per heavy atom. The van der Waals surface area contributed by atoms with E-state index < -0.39 is 6.17 Å². The number of rotatable bonds is 1. The van der Waals surface area contributed by atoms with Crippen molar-refractivity contribution < 1.29 is 4.21 Å². The molecule has 1 aliphatic rings. The van der Waals surface area contributed by atoms with Gasteiger partial charge >= 0.3 is 0 Å². The van der Waals surface area contributed by atoms with Gasteiger partial charge in [0.25, 0.3) is 0 Å². The fourth-order valence-corrected chi connectivity index (χ4v) is 2.77. The number of fused-ring (bicyclic) bond motifs is 1. The lowest BCUT2D eigenvalue weighted by molar-refractivity contribution is 0.587. The van der Waals surface area contributed by atoms with E-state index in [2.05, 4.69) is 42.9 Å². The van der Waals surface area contributed by atoms with Gasteiger partial charge in [-0.1, -0.05) is 11.3 Å². The highest BCUT2D eigenvalue weighted by Gasteiger charge is 2.22. The van der Waals surface area contributed by atoms with E-state index in [9.17, 15) is 4.21 Å². The summed E-state index contributed by atoms with van der Waals surface area (Å²) in [5.41, 5.74) is 1.67. The second-order valence-electron chi connectivity index (χ2n) is 3.94. The van der Waals surface area contributed by atoms with Crippen molar-refractivity contribution in [3.63, 3.8) is 0 Å². The summed E-state index contributed by atoms with van der Waals surface area (Å²) >= 11 is 2.60. The van der Waals surface area contributed by atoms with Crippen LogP contribution >= 0.6 is 22.6 Å². The molecule has 1 aromatic heterocycles. The second-order valence-corrected chi connectivity index (χ2v) is 5.74. The maximum atomic E-state index is 11.2. The largest absolute Gasteiger partial charge is 0.241 e. The van der Waals surface area contributed by atoms with Gasteiger partial charge in [0.2, 0.25) is 0 Å². The Morgan fingerprint density at radius 1 is 1.42 bits per heavy atom. The molecule has 96 valence electrons. The van der Waals surface area contributed by atoms with Crippen LogP contribution in [-0.2, 0) is 11.3 Å². The fraction of sp³-hybridized carbons (Fsp3) is 0.182. The van der Waals surface area contributed by atoms with Crippen molar-refractivity contribution in [2.75, 3.05) is 0 Å². The Kier molecular flexibility index (Phi) is 3.27. The minimum absolute atomic E-state index is 0.387. The zero-order chi connectivity index (χ0) is 13.4. The third kappa shape index (κ3) is 2.14. The molecule has 0 bridgehead atoms. The number of hydrogen-bond acceptors (Lipinski definition) is 5. The number of halogens is 1. The molecule has 1 aliphatic heterocycles. The normalized spacial score (nSPS) is 18.7. The van der Waals surface area contributed by atoms with Crippen molar-refractivity contribution in [2.45, 2.75) is 13.1 Å². The summed E-state index contributed by atoms with van der Waals surface area (Å²) in [4.78, 5) is 8.93.